The number of carbonyl (C=O) groups excluding carboxylic acids is 1. The molecule has 0 aliphatic carbocycles. The van der Waals surface area contributed by atoms with Gasteiger partial charge < -0.3 is 21.5 Å². The number of hydrogen-bond donors (Lipinski definition) is 4. The van der Waals surface area contributed by atoms with Crippen LogP contribution in [0.2, 0.25) is 0 Å². The van der Waals surface area contributed by atoms with Crippen LogP contribution in [0.3, 0.4) is 0 Å². The van der Waals surface area contributed by atoms with Crippen LogP contribution in [-0.4, -0.2) is 29.9 Å². The monoisotopic (exact) mass is 278 g/mol. The minimum absolute atomic E-state index is 0.131. The van der Waals surface area contributed by atoms with Crippen LogP contribution in [0.4, 0.5) is 0 Å². The third-order valence-corrected chi connectivity index (χ3v) is 2.66. The summed E-state index contributed by atoms with van der Waals surface area (Å²) in [4.78, 5) is 11.8. The van der Waals surface area contributed by atoms with Gasteiger partial charge in [0.05, 0.1) is 18.8 Å². The van der Waals surface area contributed by atoms with Gasteiger partial charge in [-0.2, -0.15) is 0 Å². The highest BCUT2D eigenvalue weighted by Gasteiger charge is 2.25. The second-order valence-electron chi connectivity index (χ2n) is 5.20. The maximum absolute atomic E-state index is 11.8. The molecule has 1 atom stereocenters. The number of hydrogen-bond acceptors (Lipinski definition) is 4. The molecule has 6 nitrogen and oxygen atoms in total. The van der Waals surface area contributed by atoms with E-state index in [1.807, 2.05) is 30.3 Å². The first-order chi connectivity index (χ1) is 9.30. The number of rotatable bonds is 7. The van der Waals surface area contributed by atoms with E-state index in [2.05, 4.69) is 5.32 Å². The summed E-state index contributed by atoms with van der Waals surface area (Å²) in [5.41, 5.74) is 11.1. The van der Waals surface area contributed by atoms with Crippen molar-refractivity contribution in [2.45, 2.75) is 32.0 Å². The van der Waals surface area contributed by atoms with E-state index in [1.165, 1.54) is 0 Å². The summed E-state index contributed by atoms with van der Waals surface area (Å²) in [6.45, 7) is 3.70. The fourth-order valence-corrected chi connectivity index (χ4v) is 1.42. The number of nitrogens with two attached hydrogens (primary N) is 2. The summed E-state index contributed by atoms with van der Waals surface area (Å²) in [7, 11) is 0. The van der Waals surface area contributed by atoms with Gasteiger partial charge >= 0.3 is 0 Å². The molecule has 0 aromatic heterocycles. The Morgan fingerprint density at radius 1 is 1.40 bits per heavy atom. The zero-order valence-corrected chi connectivity index (χ0v) is 11.8. The number of ether oxygens (including phenoxy) is 1. The topological polar surface area (TPSA) is 114 Å². The first-order valence-electron chi connectivity index (χ1n) is 6.36. The molecule has 0 spiro atoms. The fraction of sp³-hybridized carbons (Fsp3) is 0.429. The van der Waals surface area contributed by atoms with Crippen molar-refractivity contribution in [3.63, 3.8) is 0 Å². The Morgan fingerprint density at radius 3 is 2.50 bits per heavy atom. The van der Waals surface area contributed by atoms with Crippen LogP contribution in [0.5, 0.6) is 0 Å². The highest BCUT2D eigenvalue weighted by atomic mass is 16.5. The minimum Gasteiger partial charge on any atom is -0.386 e. The summed E-state index contributed by atoms with van der Waals surface area (Å²) < 4.78 is 5.48. The Balaban J connectivity index is 2.48. The van der Waals surface area contributed by atoms with E-state index >= 15 is 0 Å². The third-order valence-electron chi connectivity index (χ3n) is 2.66. The predicted molar refractivity (Wildman–Crippen MR) is 78.2 cm³/mol. The van der Waals surface area contributed by atoms with Gasteiger partial charge in [0.1, 0.15) is 11.9 Å². The number of nitrogens with one attached hydrogen (secondary N) is 2. The fourth-order valence-electron chi connectivity index (χ4n) is 1.42. The molecule has 1 aromatic rings. The van der Waals surface area contributed by atoms with Crippen LogP contribution in [0.1, 0.15) is 19.4 Å². The van der Waals surface area contributed by atoms with Crippen LogP contribution >= 0.6 is 0 Å². The smallest absolute Gasteiger partial charge is 0.240 e. The Morgan fingerprint density at radius 2 is 2.00 bits per heavy atom. The highest BCUT2D eigenvalue weighted by molar-refractivity contribution is 5.91. The normalized spacial score (nSPS) is 12.8. The lowest BCUT2D eigenvalue weighted by atomic mass is 10.1. The van der Waals surface area contributed by atoms with Crippen molar-refractivity contribution < 1.29 is 9.53 Å². The van der Waals surface area contributed by atoms with Gasteiger partial charge in [-0.25, -0.2) is 0 Å². The molecule has 0 bridgehead atoms. The predicted octanol–water partition coefficient (Wildman–Crippen LogP) is 0.361. The maximum atomic E-state index is 11.8. The van der Waals surface area contributed by atoms with E-state index in [4.69, 9.17) is 21.6 Å². The summed E-state index contributed by atoms with van der Waals surface area (Å²) >= 11 is 0. The van der Waals surface area contributed by atoms with E-state index in [0.29, 0.717) is 6.61 Å². The van der Waals surface area contributed by atoms with Gasteiger partial charge in [0, 0.05) is 0 Å². The average Bonchev–Trinajstić information content (AvgIpc) is 2.37. The van der Waals surface area contributed by atoms with E-state index < -0.39 is 11.6 Å². The van der Waals surface area contributed by atoms with E-state index in [9.17, 15) is 4.79 Å². The Hall–Kier alpha value is -1.92. The summed E-state index contributed by atoms with van der Waals surface area (Å²) in [5.74, 6) is -0.531. The van der Waals surface area contributed by atoms with Crippen molar-refractivity contribution in [1.29, 1.82) is 5.41 Å². The van der Waals surface area contributed by atoms with Crippen molar-refractivity contribution in [3.05, 3.63) is 35.9 Å². The van der Waals surface area contributed by atoms with Crippen molar-refractivity contribution in [1.82, 2.24) is 5.32 Å². The zero-order valence-electron chi connectivity index (χ0n) is 11.8. The van der Waals surface area contributed by atoms with Gasteiger partial charge in [-0.3, -0.25) is 10.2 Å². The lowest BCUT2D eigenvalue weighted by Crippen LogP contribution is -2.56. The molecule has 6 heteroatoms. The SMILES string of the molecule is CC(C)(N)C(=O)N[C@H](COCc1ccccc1)C(=N)N. The van der Waals surface area contributed by atoms with E-state index in [0.717, 1.165) is 5.56 Å². The molecule has 1 aromatic carbocycles. The van der Waals surface area contributed by atoms with Gasteiger partial charge in [-0.1, -0.05) is 30.3 Å². The quantitative estimate of drug-likeness (QED) is 0.426. The van der Waals surface area contributed by atoms with Crippen molar-refractivity contribution in [3.8, 4) is 0 Å². The van der Waals surface area contributed by atoms with Crippen LogP contribution < -0.4 is 16.8 Å². The lowest BCUT2D eigenvalue weighted by molar-refractivity contribution is -0.125. The molecule has 0 aliphatic heterocycles. The van der Waals surface area contributed by atoms with Crippen LogP contribution in [-0.2, 0) is 16.1 Å². The standard InChI is InChI=1S/C14H22N4O2/c1-14(2,17)13(19)18-11(12(15)16)9-20-8-10-6-4-3-5-7-10/h3-7,11H,8-9,17H2,1-2H3,(H3,15,16)(H,18,19)/t11-/m1/s1. The molecular weight excluding hydrogens is 256 g/mol. The molecule has 110 valence electrons. The molecule has 1 rings (SSSR count). The van der Waals surface area contributed by atoms with Crippen molar-refractivity contribution >= 4 is 11.7 Å². The van der Waals surface area contributed by atoms with Crippen LogP contribution in [0, 0.1) is 5.41 Å². The Labute approximate surface area is 119 Å². The first-order valence-corrected chi connectivity index (χ1v) is 6.36. The minimum atomic E-state index is -1.02. The van der Waals surface area contributed by atoms with E-state index in [1.54, 1.807) is 13.8 Å². The zero-order chi connectivity index (χ0) is 15.2. The second-order valence-corrected chi connectivity index (χ2v) is 5.20. The average molecular weight is 278 g/mol. The maximum Gasteiger partial charge on any atom is 0.240 e. The molecule has 0 unspecified atom stereocenters. The molecule has 1 amide bonds. The molecule has 6 N–H and O–H groups in total. The van der Waals surface area contributed by atoms with Gasteiger partial charge in [-0.05, 0) is 19.4 Å². The van der Waals surface area contributed by atoms with Crippen LogP contribution in [0.15, 0.2) is 30.3 Å². The van der Waals surface area contributed by atoms with Crippen LogP contribution in [0.25, 0.3) is 0 Å². The van der Waals surface area contributed by atoms with Gasteiger partial charge in [0.15, 0.2) is 0 Å². The molecule has 0 heterocycles. The first kappa shape index (κ1) is 16.1. The van der Waals surface area contributed by atoms with Gasteiger partial charge in [0.25, 0.3) is 0 Å². The summed E-state index contributed by atoms with van der Waals surface area (Å²) in [5, 5.41) is 10.1. The van der Waals surface area contributed by atoms with Crippen molar-refractivity contribution in [2.24, 2.45) is 11.5 Å². The number of benzene rings is 1. The van der Waals surface area contributed by atoms with Gasteiger partial charge in [0.2, 0.25) is 5.91 Å². The molecule has 0 saturated carbocycles. The molecule has 0 fully saturated rings. The number of carbonyl (C=O) groups is 1. The highest BCUT2D eigenvalue weighted by Crippen LogP contribution is 2.02. The van der Waals surface area contributed by atoms with Gasteiger partial charge in [-0.15, -0.1) is 0 Å². The van der Waals surface area contributed by atoms with E-state index in [-0.39, 0.29) is 18.3 Å². The Kier molecular flexibility index (Phi) is 5.66. The summed E-state index contributed by atoms with van der Waals surface area (Å²) in [6.07, 6.45) is 0. The number of amides is 1. The number of amidine groups is 1. The largest absolute Gasteiger partial charge is 0.386 e. The molecular formula is C14H22N4O2. The Bertz CT molecular complexity index is 454. The lowest BCUT2D eigenvalue weighted by Gasteiger charge is -2.23. The molecule has 0 radical (unpaired) electrons. The third kappa shape index (κ3) is 5.38. The van der Waals surface area contributed by atoms with Crippen molar-refractivity contribution in [2.75, 3.05) is 6.61 Å². The molecule has 20 heavy (non-hydrogen) atoms. The molecule has 0 saturated heterocycles. The second kappa shape index (κ2) is 7.02. The molecule has 0 aliphatic rings. The summed E-state index contributed by atoms with van der Waals surface area (Å²) in [6, 6.07) is 8.95.